The van der Waals surface area contributed by atoms with Gasteiger partial charge in [-0.15, -0.1) is 0 Å². The molecule has 0 amide bonds. The molecule has 4 nitrogen and oxygen atoms in total. The number of nitrogens with zero attached hydrogens (tertiary/aromatic N) is 1. The van der Waals surface area contributed by atoms with Gasteiger partial charge in [0, 0.05) is 12.2 Å². The summed E-state index contributed by atoms with van der Waals surface area (Å²) in [6.07, 6.45) is 0. The first-order chi connectivity index (χ1) is 8.58. The molecule has 0 aliphatic rings. The molecule has 100 valence electrons. The van der Waals surface area contributed by atoms with Crippen LogP contribution in [0.15, 0.2) is 24.3 Å². The molecule has 0 saturated heterocycles. The number of hydrogen-bond acceptors (Lipinski definition) is 4. The lowest BCUT2D eigenvalue weighted by atomic mass is 10.1. The monoisotopic (exact) mass is 250 g/mol. The molecule has 2 N–H and O–H groups in total. The minimum atomic E-state index is -0.239. The number of carbonyl (C=O) groups excluding carboxylic acids is 1. The van der Waals surface area contributed by atoms with Crippen molar-refractivity contribution in [2.24, 2.45) is 0 Å². The number of rotatable bonds is 6. The van der Waals surface area contributed by atoms with E-state index in [0.717, 1.165) is 17.8 Å². The van der Waals surface area contributed by atoms with Gasteiger partial charge in [0.05, 0.1) is 6.61 Å². The molecule has 4 heteroatoms. The van der Waals surface area contributed by atoms with Crippen molar-refractivity contribution in [3.05, 3.63) is 29.8 Å². The van der Waals surface area contributed by atoms with Gasteiger partial charge < -0.3 is 10.5 Å². The SMILES string of the molecule is CCOC(=O)C(C)N(CC)Cc1cccc(N)c1. The Labute approximate surface area is 109 Å². The van der Waals surface area contributed by atoms with Crippen molar-refractivity contribution >= 4 is 11.7 Å². The topological polar surface area (TPSA) is 55.6 Å². The fourth-order valence-corrected chi connectivity index (χ4v) is 1.86. The zero-order valence-electron chi connectivity index (χ0n) is 11.3. The van der Waals surface area contributed by atoms with E-state index >= 15 is 0 Å². The molecule has 1 atom stereocenters. The zero-order chi connectivity index (χ0) is 13.5. The third-order valence-corrected chi connectivity index (χ3v) is 2.92. The van der Waals surface area contributed by atoms with E-state index in [1.807, 2.05) is 45.0 Å². The summed E-state index contributed by atoms with van der Waals surface area (Å²) in [5.74, 6) is -0.178. The fourth-order valence-electron chi connectivity index (χ4n) is 1.86. The molecule has 1 aromatic rings. The Morgan fingerprint density at radius 3 is 2.72 bits per heavy atom. The van der Waals surface area contributed by atoms with Gasteiger partial charge in [-0.2, -0.15) is 0 Å². The van der Waals surface area contributed by atoms with Crippen LogP contribution in [0.2, 0.25) is 0 Å². The molecule has 1 aromatic carbocycles. The van der Waals surface area contributed by atoms with Gasteiger partial charge in [-0.05, 0) is 38.1 Å². The minimum Gasteiger partial charge on any atom is -0.465 e. The first-order valence-electron chi connectivity index (χ1n) is 6.33. The predicted molar refractivity (Wildman–Crippen MR) is 73.0 cm³/mol. The molecule has 0 aliphatic carbocycles. The Bertz CT molecular complexity index is 393. The van der Waals surface area contributed by atoms with E-state index in [9.17, 15) is 4.79 Å². The van der Waals surface area contributed by atoms with Gasteiger partial charge in [0.1, 0.15) is 6.04 Å². The van der Waals surface area contributed by atoms with E-state index in [4.69, 9.17) is 10.5 Å². The Morgan fingerprint density at radius 1 is 1.44 bits per heavy atom. The summed E-state index contributed by atoms with van der Waals surface area (Å²) in [6, 6.07) is 7.48. The zero-order valence-corrected chi connectivity index (χ0v) is 11.3. The molecule has 18 heavy (non-hydrogen) atoms. The molecule has 0 fully saturated rings. The van der Waals surface area contributed by atoms with E-state index in [1.165, 1.54) is 0 Å². The van der Waals surface area contributed by atoms with Crippen LogP contribution in [-0.2, 0) is 16.1 Å². The van der Waals surface area contributed by atoms with Crippen LogP contribution < -0.4 is 5.73 Å². The number of nitrogens with two attached hydrogens (primary N) is 1. The van der Waals surface area contributed by atoms with Crippen molar-refractivity contribution in [3.8, 4) is 0 Å². The second kappa shape index (κ2) is 7.01. The van der Waals surface area contributed by atoms with Crippen LogP contribution in [0, 0.1) is 0 Å². The largest absolute Gasteiger partial charge is 0.465 e. The number of anilines is 1. The first kappa shape index (κ1) is 14.5. The average molecular weight is 250 g/mol. The summed E-state index contributed by atoms with van der Waals surface area (Å²) in [7, 11) is 0. The van der Waals surface area contributed by atoms with E-state index < -0.39 is 0 Å². The van der Waals surface area contributed by atoms with Gasteiger partial charge in [-0.1, -0.05) is 19.1 Å². The van der Waals surface area contributed by atoms with Crippen LogP contribution in [0.1, 0.15) is 26.3 Å². The fraction of sp³-hybridized carbons (Fsp3) is 0.500. The average Bonchev–Trinajstić information content (AvgIpc) is 2.35. The van der Waals surface area contributed by atoms with E-state index in [0.29, 0.717) is 13.2 Å². The maximum absolute atomic E-state index is 11.7. The number of esters is 1. The van der Waals surface area contributed by atoms with Crippen molar-refractivity contribution in [3.63, 3.8) is 0 Å². The number of hydrogen-bond donors (Lipinski definition) is 1. The number of ether oxygens (including phenoxy) is 1. The van der Waals surface area contributed by atoms with Crippen molar-refractivity contribution in [1.29, 1.82) is 0 Å². The summed E-state index contributed by atoms with van der Waals surface area (Å²) in [4.78, 5) is 13.8. The lowest BCUT2D eigenvalue weighted by Crippen LogP contribution is -2.39. The Hall–Kier alpha value is -1.55. The smallest absolute Gasteiger partial charge is 0.323 e. The highest BCUT2D eigenvalue weighted by Gasteiger charge is 2.21. The highest BCUT2D eigenvalue weighted by Crippen LogP contribution is 2.12. The van der Waals surface area contributed by atoms with Crippen LogP contribution >= 0.6 is 0 Å². The van der Waals surface area contributed by atoms with E-state index in [1.54, 1.807) is 0 Å². The molecule has 0 bridgehead atoms. The molecule has 0 spiro atoms. The Balaban J connectivity index is 2.69. The summed E-state index contributed by atoms with van der Waals surface area (Å²) in [6.45, 7) is 7.62. The molecule has 0 heterocycles. The normalized spacial score (nSPS) is 12.4. The van der Waals surface area contributed by atoms with Crippen molar-refractivity contribution in [1.82, 2.24) is 4.90 Å². The molecule has 0 aromatic heterocycles. The van der Waals surface area contributed by atoms with Gasteiger partial charge >= 0.3 is 5.97 Å². The third-order valence-electron chi connectivity index (χ3n) is 2.92. The summed E-state index contributed by atoms with van der Waals surface area (Å²) in [5.41, 5.74) is 7.60. The molecule has 1 unspecified atom stereocenters. The second-order valence-corrected chi connectivity index (χ2v) is 4.24. The van der Waals surface area contributed by atoms with Gasteiger partial charge in [0.2, 0.25) is 0 Å². The van der Waals surface area contributed by atoms with Gasteiger partial charge in [0.15, 0.2) is 0 Å². The summed E-state index contributed by atoms with van der Waals surface area (Å²) in [5, 5.41) is 0. The van der Waals surface area contributed by atoms with Crippen molar-refractivity contribution in [2.45, 2.75) is 33.4 Å². The summed E-state index contributed by atoms with van der Waals surface area (Å²) >= 11 is 0. The van der Waals surface area contributed by atoms with Gasteiger partial charge in [-0.3, -0.25) is 9.69 Å². The molecular weight excluding hydrogens is 228 g/mol. The lowest BCUT2D eigenvalue weighted by Gasteiger charge is -2.26. The van der Waals surface area contributed by atoms with Crippen LogP contribution in [-0.4, -0.2) is 30.1 Å². The van der Waals surface area contributed by atoms with Crippen molar-refractivity contribution < 1.29 is 9.53 Å². The number of benzene rings is 1. The Morgan fingerprint density at radius 2 is 2.17 bits per heavy atom. The third kappa shape index (κ3) is 4.04. The minimum absolute atomic E-state index is 0.178. The molecule has 0 radical (unpaired) electrons. The maximum atomic E-state index is 11.7. The number of carbonyl (C=O) groups is 1. The first-order valence-corrected chi connectivity index (χ1v) is 6.33. The van der Waals surface area contributed by atoms with E-state index in [-0.39, 0.29) is 12.0 Å². The van der Waals surface area contributed by atoms with Crippen LogP contribution in [0.25, 0.3) is 0 Å². The molecular formula is C14H22N2O2. The van der Waals surface area contributed by atoms with Crippen LogP contribution in [0.3, 0.4) is 0 Å². The van der Waals surface area contributed by atoms with Crippen LogP contribution in [0.4, 0.5) is 5.69 Å². The maximum Gasteiger partial charge on any atom is 0.323 e. The van der Waals surface area contributed by atoms with Gasteiger partial charge in [0.25, 0.3) is 0 Å². The highest BCUT2D eigenvalue weighted by atomic mass is 16.5. The van der Waals surface area contributed by atoms with Gasteiger partial charge in [-0.25, -0.2) is 0 Å². The Kier molecular flexibility index (Phi) is 5.65. The van der Waals surface area contributed by atoms with E-state index in [2.05, 4.69) is 4.90 Å². The standard InChI is InChI=1S/C14H22N2O2/c1-4-16(11(3)14(17)18-5-2)10-12-7-6-8-13(15)9-12/h6-9,11H,4-5,10,15H2,1-3H3. The predicted octanol–water partition coefficient (Wildman–Crippen LogP) is 2.04. The molecule has 0 saturated carbocycles. The quantitative estimate of drug-likeness (QED) is 0.620. The number of nitrogen functional groups attached to an aromatic ring is 1. The number of likely N-dealkylation sites (N-methyl/N-ethyl adjacent to an activating group) is 1. The second-order valence-electron chi connectivity index (χ2n) is 4.24. The highest BCUT2D eigenvalue weighted by molar-refractivity contribution is 5.75. The van der Waals surface area contributed by atoms with Crippen molar-refractivity contribution in [2.75, 3.05) is 18.9 Å². The molecule has 0 aliphatic heterocycles. The lowest BCUT2D eigenvalue weighted by molar-refractivity contribution is -0.149. The van der Waals surface area contributed by atoms with Crippen LogP contribution in [0.5, 0.6) is 0 Å². The molecule has 1 rings (SSSR count). The summed E-state index contributed by atoms with van der Waals surface area (Å²) < 4.78 is 5.04.